The standard InChI is InChI=1S/C18H29NO3/c1-18(2,3)13-19-11-14-7-8-16(17(10-14)20-4)22-12-15-6-5-9-21-15/h7-8,10,15,19H,5-6,9,11-13H2,1-4H3. The van der Waals surface area contributed by atoms with Gasteiger partial charge in [-0.2, -0.15) is 0 Å². The van der Waals surface area contributed by atoms with Crippen LogP contribution in [0.25, 0.3) is 0 Å². The second-order valence-corrected chi connectivity index (χ2v) is 7.10. The molecule has 2 rings (SSSR count). The zero-order chi connectivity index (χ0) is 16.0. The van der Waals surface area contributed by atoms with Crippen LogP contribution < -0.4 is 14.8 Å². The third-order valence-electron chi connectivity index (χ3n) is 3.66. The molecule has 22 heavy (non-hydrogen) atoms. The predicted octanol–water partition coefficient (Wildman–Crippen LogP) is 3.39. The Morgan fingerprint density at radius 3 is 2.73 bits per heavy atom. The number of hydrogen-bond donors (Lipinski definition) is 1. The first kappa shape index (κ1) is 17.1. The van der Waals surface area contributed by atoms with Gasteiger partial charge in [0.1, 0.15) is 6.61 Å². The van der Waals surface area contributed by atoms with Crippen LogP contribution in [0.1, 0.15) is 39.2 Å². The molecule has 0 amide bonds. The fraction of sp³-hybridized carbons (Fsp3) is 0.667. The second-order valence-electron chi connectivity index (χ2n) is 7.10. The molecule has 1 unspecified atom stereocenters. The molecule has 4 nitrogen and oxygen atoms in total. The lowest BCUT2D eigenvalue weighted by atomic mass is 9.97. The fourth-order valence-corrected chi connectivity index (χ4v) is 2.48. The summed E-state index contributed by atoms with van der Waals surface area (Å²) in [5, 5.41) is 3.47. The van der Waals surface area contributed by atoms with E-state index in [0.717, 1.165) is 44.0 Å². The number of methoxy groups -OCH3 is 1. The Hall–Kier alpha value is -1.26. The average Bonchev–Trinajstić information content (AvgIpc) is 2.97. The maximum atomic E-state index is 5.86. The Morgan fingerprint density at radius 2 is 2.09 bits per heavy atom. The van der Waals surface area contributed by atoms with E-state index >= 15 is 0 Å². The fourth-order valence-electron chi connectivity index (χ4n) is 2.48. The Balaban J connectivity index is 1.88. The molecule has 1 aliphatic rings. The van der Waals surface area contributed by atoms with Crippen molar-refractivity contribution in [3.05, 3.63) is 23.8 Å². The highest BCUT2D eigenvalue weighted by Gasteiger charge is 2.17. The maximum Gasteiger partial charge on any atom is 0.161 e. The highest BCUT2D eigenvalue weighted by molar-refractivity contribution is 5.43. The highest BCUT2D eigenvalue weighted by Crippen LogP contribution is 2.29. The van der Waals surface area contributed by atoms with Gasteiger partial charge in [-0.05, 0) is 36.0 Å². The molecule has 124 valence electrons. The van der Waals surface area contributed by atoms with Gasteiger partial charge in [0.2, 0.25) is 0 Å². The lowest BCUT2D eigenvalue weighted by Gasteiger charge is -2.19. The van der Waals surface area contributed by atoms with E-state index in [0.29, 0.717) is 6.61 Å². The summed E-state index contributed by atoms with van der Waals surface area (Å²) in [6, 6.07) is 6.12. The van der Waals surface area contributed by atoms with Crippen molar-refractivity contribution < 1.29 is 14.2 Å². The summed E-state index contributed by atoms with van der Waals surface area (Å²) >= 11 is 0. The summed E-state index contributed by atoms with van der Waals surface area (Å²) in [6.07, 6.45) is 2.43. The van der Waals surface area contributed by atoms with Crippen LogP contribution >= 0.6 is 0 Å². The molecule has 4 heteroatoms. The third kappa shape index (κ3) is 5.50. The van der Waals surface area contributed by atoms with Crippen molar-refractivity contribution in [3.8, 4) is 11.5 Å². The highest BCUT2D eigenvalue weighted by atomic mass is 16.5. The average molecular weight is 307 g/mol. The first-order valence-corrected chi connectivity index (χ1v) is 8.10. The summed E-state index contributed by atoms with van der Waals surface area (Å²) in [7, 11) is 1.68. The summed E-state index contributed by atoms with van der Waals surface area (Å²) < 4.78 is 16.9. The minimum absolute atomic E-state index is 0.220. The third-order valence-corrected chi connectivity index (χ3v) is 3.66. The Morgan fingerprint density at radius 1 is 1.27 bits per heavy atom. The van der Waals surface area contributed by atoms with Crippen LogP contribution in [0.5, 0.6) is 11.5 Å². The van der Waals surface area contributed by atoms with Gasteiger partial charge in [0.15, 0.2) is 11.5 Å². The largest absolute Gasteiger partial charge is 0.493 e. The van der Waals surface area contributed by atoms with E-state index in [-0.39, 0.29) is 11.5 Å². The van der Waals surface area contributed by atoms with E-state index in [1.807, 2.05) is 12.1 Å². The summed E-state index contributed by atoms with van der Waals surface area (Å²) in [6.45, 7) is 9.93. The molecule has 1 aromatic rings. The molecular formula is C18H29NO3. The van der Waals surface area contributed by atoms with E-state index in [1.54, 1.807) is 7.11 Å². The van der Waals surface area contributed by atoms with E-state index in [1.165, 1.54) is 5.56 Å². The molecule has 0 aromatic heterocycles. The first-order valence-electron chi connectivity index (χ1n) is 8.10. The van der Waals surface area contributed by atoms with Crippen molar-refractivity contribution in [1.29, 1.82) is 0 Å². The van der Waals surface area contributed by atoms with Gasteiger partial charge < -0.3 is 19.5 Å². The smallest absolute Gasteiger partial charge is 0.161 e. The number of hydrogen-bond acceptors (Lipinski definition) is 4. The van der Waals surface area contributed by atoms with Crippen LogP contribution in [0.3, 0.4) is 0 Å². The minimum atomic E-state index is 0.220. The summed E-state index contributed by atoms with van der Waals surface area (Å²) in [5.74, 6) is 1.57. The van der Waals surface area contributed by atoms with Crippen molar-refractivity contribution in [2.24, 2.45) is 5.41 Å². The Labute approximate surface area is 134 Å². The van der Waals surface area contributed by atoms with Crippen molar-refractivity contribution in [1.82, 2.24) is 5.32 Å². The molecule has 0 bridgehead atoms. The summed E-state index contributed by atoms with van der Waals surface area (Å²) in [5.41, 5.74) is 1.49. The Kier molecular flexibility index (Phi) is 6.09. The van der Waals surface area contributed by atoms with Crippen molar-refractivity contribution in [2.75, 3.05) is 26.9 Å². The molecule has 1 aromatic carbocycles. The van der Waals surface area contributed by atoms with Gasteiger partial charge in [0.05, 0.1) is 13.2 Å². The van der Waals surface area contributed by atoms with Gasteiger partial charge in [-0.1, -0.05) is 26.8 Å². The molecule has 0 aliphatic carbocycles. The normalized spacial score (nSPS) is 18.5. The van der Waals surface area contributed by atoms with Crippen LogP contribution in [-0.2, 0) is 11.3 Å². The number of benzene rings is 1. The van der Waals surface area contributed by atoms with Crippen molar-refractivity contribution in [3.63, 3.8) is 0 Å². The SMILES string of the molecule is COc1cc(CNCC(C)(C)C)ccc1OCC1CCCO1. The monoisotopic (exact) mass is 307 g/mol. The van der Waals surface area contributed by atoms with Crippen LogP contribution in [0.15, 0.2) is 18.2 Å². The molecule has 0 spiro atoms. The molecule has 1 saturated heterocycles. The van der Waals surface area contributed by atoms with Gasteiger partial charge in [0.25, 0.3) is 0 Å². The van der Waals surface area contributed by atoms with Gasteiger partial charge in [-0.3, -0.25) is 0 Å². The zero-order valence-corrected chi connectivity index (χ0v) is 14.3. The van der Waals surface area contributed by atoms with Crippen LogP contribution in [0.2, 0.25) is 0 Å². The molecule has 1 N–H and O–H groups in total. The predicted molar refractivity (Wildman–Crippen MR) is 88.6 cm³/mol. The molecule has 0 radical (unpaired) electrons. The number of ether oxygens (including phenoxy) is 3. The summed E-state index contributed by atoms with van der Waals surface area (Å²) in [4.78, 5) is 0. The lowest BCUT2D eigenvalue weighted by Crippen LogP contribution is -2.26. The number of nitrogens with one attached hydrogen (secondary N) is 1. The molecule has 1 atom stereocenters. The van der Waals surface area contributed by atoms with E-state index in [9.17, 15) is 0 Å². The first-order chi connectivity index (χ1) is 10.5. The van der Waals surface area contributed by atoms with Crippen LogP contribution in [0, 0.1) is 5.41 Å². The van der Waals surface area contributed by atoms with Gasteiger partial charge in [0, 0.05) is 19.7 Å². The molecule has 1 fully saturated rings. The van der Waals surface area contributed by atoms with Crippen molar-refractivity contribution >= 4 is 0 Å². The van der Waals surface area contributed by atoms with E-state index < -0.39 is 0 Å². The molecule has 1 heterocycles. The van der Waals surface area contributed by atoms with E-state index in [2.05, 4.69) is 32.2 Å². The molecule has 1 aliphatic heterocycles. The Bertz CT molecular complexity index is 462. The minimum Gasteiger partial charge on any atom is -0.493 e. The zero-order valence-electron chi connectivity index (χ0n) is 14.3. The van der Waals surface area contributed by atoms with Crippen molar-refractivity contribution in [2.45, 2.75) is 46.3 Å². The maximum absolute atomic E-state index is 5.86. The van der Waals surface area contributed by atoms with Gasteiger partial charge >= 0.3 is 0 Å². The number of rotatable bonds is 7. The van der Waals surface area contributed by atoms with E-state index in [4.69, 9.17) is 14.2 Å². The second kappa shape index (κ2) is 7.84. The topological polar surface area (TPSA) is 39.7 Å². The lowest BCUT2D eigenvalue weighted by molar-refractivity contribution is 0.0669. The quantitative estimate of drug-likeness (QED) is 0.838. The van der Waals surface area contributed by atoms with Crippen LogP contribution in [0.4, 0.5) is 0 Å². The van der Waals surface area contributed by atoms with Crippen LogP contribution in [-0.4, -0.2) is 33.0 Å². The van der Waals surface area contributed by atoms with Gasteiger partial charge in [-0.15, -0.1) is 0 Å². The molecule has 0 saturated carbocycles. The van der Waals surface area contributed by atoms with Gasteiger partial charge in [-0.25, -0.2) is 0 Å². The molecular weight excluding hydrogens is 278 g/mol.